The summed E-state index contributed by atoms with van der Waals surface area (Å²) in [5.74, 6) is 0.897. The fourth-order valence-electron chi connectivity index (χ4n) is 10.5. The van der Waals surface area contributed by atoms with E-state index in [0.29, 0.717) is 0 Å². The van der Waals surface area contributed by atoms with Crippen LogP contribution in [-0.4, -0.2) is 15.0 Å². The Bertz CT molecular complexity index is 4020. The van der Waals surface area contributed by atoms with Crippen molar-refractivity contribution in [3.8, 4) is 16.8 Å². The molecule has 5 heteroatoms. The number of nitrogens with zero attached hydrogens (tertiary/aromatic N) is 3. The lowest BCUT2D eigenvalue weighted by Crippen LogP contribution is -2.27. The van der Waals surface area contributed by atoms with Crippen LogP contribution in [0.1, 0.15) is 17.3 Å². The highest BCUT2D eigenvalue weighted by Crippen LogP contribution is 2.45. The van der Waals surface area contributed by atoms with Crippen LogP contribution in [0.4, 0.5) is 0 Å². The predicted octanol–water partition coefficient (Wildman–Crippen LogP) is 14.8. The number of allylic oxidation sites excluding steroid dienone is 1. The molecule has 1 atom stereocenters. The molecule has 1 unspecified atom stereocenters. The number of aromatic nitrogens is 2. The second kappa shape index (κ2) is 13.0. The van der Waals surface area contributed by atoms with Gasteiger partial charge in [-0.05, 0) is 92.3 Å². The first-order valence-corrected chi connectivity index (χ1v) is 21.6. The van der Waals surface area contributed by atoms with E-state index in [-0.39, 0.29) is 6.17 Å². The third kappa shape index (κ3) is 5.02. The standard InChI is InChI=1S/C58H36N4O/c1-2-14-35(15-3-1)58-59-48(34-55(60-58)62-50-25-10-6-20-42(50)43-21-7-11-26-51(43)62)38-17-12-16-36(30-38)37-28-29-52-46(31-37)44-22-8-9-24-49(44)61(52)39-32-47-41-19-5-4-18-40(41)45-23-13-27-53-56(45)57(47)54(33-39)63-53/h1-34,58-59H. The molecule has 0 saturated heterocycles. The van der Waals surface area contributed by atoms with E-state index in [1.165, 1.54) is 53.9 Å². The molecule has 5 nitrogen and oxygen atoms in total. The SMILES string of the molecule is C1=C(c2cccc(-c3ccc4c(c3)c3ccccc3n4-c3cc4oc5cccc6c7ccccc7c(c3)c4c56)c2)NC(c2ccccc2)N=C1n1c2ccccc2c2ccccc21. The molecule has 0 aliphatic carbocycles. The summed E-state index contributed by atoms with van der Waals surface area (Å²) in [6.45, 7) is 0. The van der Waals surface area contributed by atoms with Gasteiger partial charge in [-0.15, -0.1) is 0 Å². The number of nitrogens with one attached hydrogen (secondary N) is 1. The van der Waals surface area contributed by atoms with Gasteiger partial charge in [-0.1, -0.05) is 146 Å². The Kier molecular flexibility index (Phi) is 7.11. The lowest BCUT2D eigenvalue weighted by Gasteiger charge is -2.26. The molecule has 10 aromatic carbocycles. The van der Waals surface area contributed by atoms with Gasteiger partial charge in [0.25, 0.3) is 0 Å². The Morgan fingerprint density at radius 1 is 0.397 bits per heavy atom. The van der Waals surface area contributed by atoms with Gasteiger partial charge >= 0.3 is 0 Å². The van der Waals surface area contributed by atoms with Crippen molar-refractivity contribution in [1.82, 2.24) is 14.5 Å². The lowest BCUT2D eigenvalue weighted by molar-refractivity contribution is 0.660. The Morgan fingerprint density at radius 3 is 1.73 bits per heavy atom. The minimum atomic E-state index is -0.267. The fraction of sp³-hybridized carbons (Fsp3) is 0.0172. The molecule has 4 heterocycles. The van der Waals surface area contributed by atoms with E-state index >= 15 is 0 Å². The maximum atomic E-state index is 6.65. The second-order valence-electron chi connectivity index (χ2n) is 16.7. The normalized spacial score (nSPS) is 14.5. The topological polar surface area (TPSA) is 47.4 Å². The van der Waals surface area contributed by atoms with Gasteiger partial charge in [0.15, 0.2) is 0 Å². The first-order chi connectivity index (χ1) is 31.2. The predicted molar refractivity (Wildman–Crippen MR) is 262 cm³/mol. The second-order valence-corrected chi connectivity index (χ2v) is 16.7. The monoisotopic (exact) mass is 804 g/mol. The van der Waals surface area contributed by atoms with Crippen LogP contribution in [0.3, 0.4) is 0 Å². The zero-order valence-electron chi connectivity index (χ0n) is 34.0. The third-order valence-corrected chi connectivity index (χ3v) is 13.3. The molecule has 3 aromatic heterocycles. The van der Waals surface area contributed by atoms with Gasteiger partial charge in [-0.3, -0.25) is 4.57 Å². The van der Waals surface area contributed by atoms with E-state index in [2.05, 4.69) is 221 Å². The Hall–Kier alpha value is -8.41. The summed E-state index contributed by atoms with van der Waals surface area (Å²) in [5, 5.41) is 16.0. The molecule has 294 valence electrons. The van der Waals surface area contributed by atoms with Crippen LogP contribution in [-0.2, 0) is 0 Å². The summed E-state index contributed by atoms with van der Waals surface area (Å²) in [6, 6.07) is 72.1. The molecule has 14 rings (SSSR count). The maximum Gasteiger partial charge on any atom is 0.147 e. The zero-order valence-corrected chi connectivity index (χ0v) is 34.0. The van der Waals surface area contributed by atoms with Crippen LogP contribution in [0.2, 0.25) is 0 Å². The van der Waals surface area contributed by atoms with Gasteiger partial charge in [-0.25, -0.2) is 4.99 Å². The first kappa shape index (κ1) is 34.3. The van der Waals surface area contributed by atoms with E-state index in [9.17, 15) is 0 Å². The maximum absolute atomic E-state index is 6.65. The number of furan rings is 1. The van der Waals surface area contributed by atoms with Crippen LogP contribution in [0, 0.1) is 0 Å². The smallest absolute Gasteiger partial charge is 0.147 e. The molecule has 1 aliphatic heterocycles. The van der Waals surface area contributed by atoms with E-state index in [0.717, 1.165) is 72.7 Å². The van der Waals surface area contributed by atoms with E-state index < -0.39 is 0 Å². The molecule has 0 amide bonds. The van der Waals surface area contributed by atoms with Crippen LogP contribution in [0.25, 0.3) is 110 Å². The van der Waals surface area contributed by atoms with E-state index in [1.807, 2.05) is 0 Å². The molecule has 1 aliphatic rings. The van der Waals surface area contributed by atoms with Crippen LogP contribution >= 0.6 is 0 Å². The van der Waals surface area contributed by atoms with Crippen molar-refractivity contribution >= 4 is 98.6 Å². The molecule has 0 fully saturated rings. The first-order valence-electron chi connectivity index (χ1n) is 21.6. The summed E-state index contributed by atoms with van der Waals surface area (Å²) in [4.78, 5) is 5.38. The van der Waals surface area contributed by atoms with Crippen LogP contribution < -0.4 is 5.32 Å². The highest BCUT2D eigenvalue weighted by Gasteiger charge is 2.24. The molecule has 1 N–H and O–H groups in total. The van der Waals surface area contributed by atoms with Crippen LogP contribution in [0.15, 0.2) is 216 Å². The number of fused-ring (bicyclic) bond motifs is 9. The Morgan fingerprint density at radius 2 is 0.968 bits per heavy atom. The van der Waals surface area contributed by atoms with Crippen molar-refractivity contribution in [2.75, 3.05) is 0 Å². The Labute approximate surface area is 361 Å². The number of para-hydroxylation sites is 3. The molecular formula is C58H36N4O. The molecule has 0 spiro atoms. The molecule has 63 heavy (non-hydrogen) atoms. The molecule has 13 aromatic rings. The largest absolute Gasteiger partial charge is 0.456 e. The highest BCUT2D eigenvalue weighted by molar-refractivity contribution is 6.33. The zero-order chi connectivity index (χ0) is 41.2. The van der Waals surface area contributed by atoms with Gasteiger partial charge in [-0.2, -0.15) is 0 Å². The summed E-state index contributed by atoms with van der Waals surface area (Å²) in [6.07, 6.45) is 1.94. The van der Waals surface area contributed by atoms with E-state index in [4.69, 9.17) is 9.41 Å². The van der Waals surface area contributed by atoms with Gasteiger partial charge in [0.2, 0.25) is 0 Å². The molecular weight excluding hydrogens is 769 g/mol. The number of rotatable bonds is 4. The van der Waals surface area contributed by atoms with Crippen molar-refractivity contribution in [2.24, 2.45) is 4.99 Å². The van der Waals surface area contributed by atoms with Gasteiger partial charge < -0.3 is 14.3 Å². The summed E-state index contributed by atoms with van der Waals surface area (Å²) in [7, 11) is 0. The van der Waals surface area contributed by atoms with Gasteiger partial charge in [0.1, 0.15) is 23.2 Å². The highest BCUT2D eigenvalue weighted by atomic mass is 16.3. The molecule has 0 radical (unpaired) electrons. The Balaban J connectivity index is 0.918. The molecule has 0 bridgehead atoms. The summed E-state index contributed by atoms with van der Waals surface area (Å²) in [5.41, 5.74) is 13.0. The molecule has 0 saturated carbocycles. The van der Waals surface area contributed by atoms with Gasteiger partial charge in [0, 0.05) is 50.2 Å². The van der Waals surface area contributed by atoms with Crippen molar-refractivity contribution in [3.63, 3.8) is 0 Å². The van der Waals surface area contributed by atoms with E-state index in [1.54, 1.807) is 0 Å². The van der Waals surface area contributed by atoms with Crippen molar-refractivity contribution < 1.29 is 4.42 Å². The fourth-order valence-corrected chi connectivity index (χ4v) is 10.5. The van der Waals surface area contributed by atoms with Crippen molar-refractivity contribution in [1.29, 1.82) is 0 Å². The van der Waals surface area contributed by atoms with Crippen molar-refractivity contribution in [2.45, 2.75) is 6.17 Å². The quantitative estimate of drug-likeness (QED) is 0.180. The number of hydrogen-bond acceptors (Lipinski definition) is 3. The number of hydrogen-bond donors (Lipinski definition) is 1. The van der Waals surface area contributed by atoms with Crippen LogP contribution in [0.5, 0.6) is 0 Å². The van der Waals surface area contributed by atoms with Crippen molar-refractivity contribution in [3.05, 3.63) is 217 Å². The number of benzene rings is 10. The summed E-state index contributed by atoms with van der Waals surface area (Å²) >= 11 is 0. The number of aliphatic imine (C=N–C) groups is 1. The summed E-state index contributed by atoms with van der Waals surface area (Å²) < 4.78 is 11.4. The minimum Gasteiger partial charge on any atom is -0.456 e. The third-order valence-electron chi connectivity index (χ3n) is 13.3. The average molecular weight is 805 g/mol. The average Bonchev–Trinajstić information content (AvgIpc) is 4.01. The minimum absolute atomic E-state index is 0.267. The lowest BCUT2D eigenvalue weighted by atomic mass is 9.94. The van der Waals surface area contributed by atoms with Gasteiger partial charge in [0.05, 0.1) is 27.8 Å².